The second kappa shape index (κ2) is 9.40. The van der Waals surface area contributed by atoms with Gasteiger partial charge in [-0.1, -0.05) is 0 Å². The summed E-state index contributed by atoms with van der Waals surface area (Å²) in [6.07, 6.45) is 11.7. The van der Waals surface area contributed by atoms with E-state index < -0.39 is 24.1 Å². The smallest absolute Gasteiger partial charge is 0.331 e. The van der Waals surface area contributed by atoms with Crippen molar-refractivity contribution in [2.75, 3.05) is 0 Å². The van der Waals surface area contributed by atoms with Crippen LogP contribution in [0.4, 0.5) is 0 Å². The number of esters is 2. The van der Waals surface area contributed by atoms with E-state index in [0.717, 1.165) is 22.9 Å². The molecule has 26 heavy (non-hydrogen) atoms. The molecule has 0 bridgehead atoms. The van der Waals surface area contributed by atoms with Crippen LogP contribution >= 0.6 is 22.7 Å². The highest BCUT2D eigenvalue weighted by atomic mass is 32.1. The standard InChI is InChI=1S/C18H18N2O4S2/c21-17(7-5-15-19-9-11-25-15)23-13-3-1-2-4-14(13)24-18(22)8-6-16-20-10-12-26-16/h5-14H,1-4H2/b7-5+,8-6+. The monoisotopic (exact) mass is 390 g/mol. The molecule has 2 heterocycles. The second-order valence-corrected chi connectivity index (χ2v) is 7.49. The summed E-state index contributed by atoms with van der Waals surface area (Å²) in [6.45, 7) is 0. The predicted molar refractivity (Wildman–Crippen MR) is 101 cm³/mol. The fraction of sp³-hybridized carbons (Fsp3) is 0.333. The first kappa shape index (κ1) is 18.5. The van der Waals surface area contributed by atoms with Gasteiger partial charge in [0.1, 0.15) is 22.2 Å². The Balaban J connectivity index is 1.53. The zero-order valence-electron chi connectivity index (χ0n) is 13.9. The third-order valence-corrected chi connectivity index (χ3v) is 5.29. The normalized spacial score (nSPS) is 20.5. The zero-order chi connectivity index (χ0) is 18.2. The SMILES string of the molecule is O=C(/C=C/c1nccs1)OC1CCCCC1OC(=O)/C=C/c1nccs1. The van der Waals surface area contributed by atoms with Crippen LogP contribution < -0.4 is 0 Å². The molecule has 2 unspecified atom stereocenters. The average Bonchev–Trinajstić information content (AvgIpc) is 3.34. The lowest BCUT2D eigenvalue weighted by molar-refractivity contribution is -0.165. The summed E-state index contributed by atoms with van der Waals surface area (Å²) in [5.41, 5.74) is 0. The van der Waals surface area contributed by atoms with Crippen molar-refractivity contribution < 1.29 is 19.1 Å². The summed E-state index contributed by atoms with van der Waals surface area (Å²) in [4.78, 5) is 32.2. The number of hydrogen-bond acceptors (Lipinski definition) is 8. The summed E-state index contributed by atoms with van der Waals surface area (Å²) < 4.78 is 11.0. The van der Waals surface area contributed by atoms with Gasteiger partial charge in [0.15, 0.2) is 0 Å². The maximum absolute atomic E-state index is 12.0. The molecule has 0 spiro atoms. The van der Waals surface area contributed by atoms with Crippen LogP contribution in [0.25, 0.3) is 12.2 Å². The number of carbonyl (C=O) groups excluding carboxylic acids is 2. The lowest BCUT2D eigenvalue weighted by atomic mass is 9.94. The molecule has 6 nitrogen and oxygen atoms in total. The van der Waals surface area contributed by atoms with Gasteiger partial charge in [-0.05, 0) is 37.8 Å². The Morgan fingerprint density at radius 3 is 1.73 bits per heavy atom. The van der Waals surface area contributed by atoms with Gasteiger partial charge in [-0.2, -0.15) is 0 Å². The summed E-state index contributed by atoms with van der Waals surface area (Å²) in [5, 5.41) is 5.14. The number of ether oxygens (including phenoxy) is 2. The Kier molecular flexibility index (Phi) is 6.68. The number of aromatic nitrogens is 2. The lowest BCUT2D eigenvalue weighted by Gasteiger charge is -2.30. The Morgan fingerprint density at radius 1 is 0.885 bits per heavy atom. The largest absolute Gasteiger partial charge is 0.455 e. The van der Waals surface area contributed by atoms with Crippen molar-refractivity contribution >= 4 is 46.8 Å². The van der Waals surface area contributed by atoms with Crippen LogP contribution in [0.1, 0.15) is 35.7 Å². The first-order valence-corrected chi connectivity index (χ1v) is 10.0. The quantitative estimate of drug-likeness (QED) is 0.552. The van der Waals surface area contributed by atoms with E-state index in [4.69, 9.17) is 9.47 Å². The molecule has 0 amide bonds. The molecule has 8 heteroatoms. The van der Waals surface area contributed by atoms with Gasteiger partial charge < -0.3 is 9.47 Å². The van der Waals surface area contributed by atoms with E-state index in [9.17, 15) is 9.59 Å². The van der Waals surface area contributed by atoms with Crippen molar-refractivity contribution in [2.24, 2.45) is 0 Å². The highest BCUT2D eigenvalue weighted by Crippen LogP contribution is 2.24. The van der Waals surface area contributed by atoms with E-state index in [1.165, 1.54) is 34.8 Å². The number of carbonyl (C=O) groups is 2. The third kappa shape index (κ3) is 5.60. The van der Waals surface area contributed by atoms with E-state index in [0.29, 0.717) is 12.8 Å². The fourth-order valence-electron chi connectivity index (χ4n) is 2.62. The van der Waals surface area contributed by atoms with Gasteiger partial charge in [0, 0.05) is 35.3 Å². The first-order chi connectivity index (χ1) is 12.7. The van der Waals surface area contributed by atoms with Gasteiger partial charge in [-0.3, -0.25) is 0 Å². The lowest BCUT2D eigenvalue weighted by Crippen LogP contribution is -2.37. The van der Waals surface area contributed by atoms with Crippen LogP contribution in [0, 0.1) is 0 Å². The number of thiazole rings is 2. The molecule has 1 aliphatic carbocycles. The van der Waals surface area contributed by atoms with Gasteiger partial charge in [0.05, 0.1) is 0 Å². The van der Waals surface area contributed by atoms with Gasteiger partial charge in [0.25, 0.3) is 0 Å². The maximum Gasteiger partial charge on any atom is 0.331 e. The summed E-state index contributed by atoms with van der Waals surface area (Å²) in [6, 6.07) is 0. The van der Waals surface area contributed by atoms with Crippen molar-refractivity contribution in [3.8, 4) is 0 Å². The molecule has 0 N–H and O–H groups in total. The molecule has 0 aromatic carbocycles. The van der Waals surface area contributed by atoms with Crippen LogP contribution in [0.5, 0.6) is 0 Å². The van der Waals surface area contributed by atoms with E-state index in [1.54, 1.807) is 24.5 Å². The van der Waals surface area contributed by atoms with E-state index in [-0.39, 0.29) is 0 Å². The Morgan fingerprint density at radius 2 is 1.35 bits per heavy atom. The molecule has 1 aliphatic rings. The highest BCUT2D eigenvalue weighted by molar-refractivity contribution is 7.10. The van der Waals surface area contributed by atoms with Crippen molar-refractivity contribution in [1.82, 2.24) is 9.97 Å². The number of nitrogens with zero attached hydrogens (tertiary/aromatic N) is 2. The zero-order valence-corrected chi connectivity index (χ0v) is 15.6. The minimum Gasteiger partial charge on any atom is -0.455 e. The number of rotatable bonds is 6. The highest BCUT2D eigenvalue weighted by Gasteiger charge is 2.30. The summed E-state index contributed by atoms with van der Waals surface area (Å²) in [5.74, 6) is -0.905. The molecular weight excluding hydrogens is 372 g/mol. The molecular formula is C18H18N2O4S2. The van der Waals surface area contributed by atoms with Crippen molar-refractivity contribution in [1.29, 1.82) is 0 Å². The molecule has 1 fully saturated rings. The Hall–Kier alpha value is -2.32. The van der Waals surface area contributed by atoms with E-state index in [2.05, 4.69) is 9.97 Å². The molecule has 2 aromatic heterocycles. The first-order valence-electron chi connectivity index (χ1n) is 8.27. The van der Waals surface area contributed by atoms with Gasteiger partial charge in [0.2, 0.25) is 0 Å². The fourth-order valence-corrected chi connectivity index (χ4v) is 3.68. The minimum absolute atomic E-state index is 0.422. The summed E-state index contributed by atoms with van der Waals surface area (Å²) >= 11 is 2.87. The minimum atomic E-state index is -0.452. The van der Waals surface area contributed by atoms with Gasteiger partial charge >= 0.3 is 11.9 Å². The Bertz CT molecular complexity index is 703. The van der Waals surface area contributed by atoms with Crippen LogP contribution in [0.15, 0.2) is 35.3 Å². The van der Waals surface area contributed by atoms with Gasteiger partial charge in [-0.25, -0.2) is 19.6 Å². The molecule has 3 rings (SSSR count). The van der Waals surface area contributed by atoms with E-state index >= 15 is 0 Å². The third-order valence-electron chi connectivity index (χ3n) is 3.80. The van der Waals surface area contributed by atoms with E-state index in [1.807, 2.05) is 10.8 Å². The van der Waals surface area contributed by atoms with Crippen molar-refractivity contribution in [3.63, 3.8) is 0 Å². The molecule has 2 aromatic rings. The molecule has 2 atom stereocenters. The number of hydrogen-bond donors (Lipinski definition) is 0. The maximum atomic E-state index is 12.0. The summed E-state index contributed by atoms with van der Waals surface area (Å²) in [7, 11) is 0. The molecule has 136 valence electrons. The van der Waals surface area contributed by atoms with Crippen LogP contribution in [-0.2, 0) is 19.1 Å². The van der Waals surface area contributed by atoms with Crippen LogP contribution in [-0.4, -0.2) is 34.1 Å². The topological polar surface area (TPSA) is 78.4 Å². The van der Waals surface area contributed by atoms with Crippen LogP contribution in [0.2, 0.25) is 0 Å². The van der Waals surface area contributed by atoms with Crippen molar-refractivity contribution in [3.05, 3.63) is 45.3 Å². The Labute approximate surface area is 159 Å². The average molecular weight is 390 g/mol. The molecule has 0 aliphatic heterocycles. The second-order valence-electron chi connectivity index (χ2n) is 5.64. The molecule has 0 radical (unpaired) electrons. The predicted octanol–water partition coefficient (Wildman–Crippen LogP) is 3.72. The van der Waals surface area contributed by atoms with Gasteiger partial charge in [-0.15, -0.1) is 22.7 Å². The van der Waals surface area contributed by atoms with Crippen molar-refractivity contribution in [2.45, 2.75) is 37.9 Å². The molecule has 0 saturated heterocycles. The molecule has 1 saturated carbocycles. The van der Waals surface area contributed by atoms with Crippen LogP contribution in [0.3, 0.4) is 0 Å².